The Bertz CT molecular complexity index is 738. The van der Waals surface area contributed by atoms with Crippen LogP contribution in [-0.4, -0.2) is 30.8 Å². The van der Waals surface area contributed by atoms with Crippen molar-refractivity contribution in [2.75, 3.05) is 16.2 Å². The van der Waals surface area contributed by atoms with Crippen LogP contribution < -0.4 is 9.62 Å². The van der Waals surface area contributed by atoms with Gasteiger partial charge in [0.25, 0.3) is 10.0 Å². The minimum absolute atomic E-state index is 0.00120. The number of anilines is 2. The SMILES string of the molecule is O=C1CCCN1c1ccc(NS(=O)(=O)c2cnc[nH]2)cc1. The average molecular weight is 306 g/mol. The van der Waals surface area contributed by atoms with E-state index in [0.717, 1.165) is 12.1 Å². The highest BCUT2D eigenvalue weighted by atomic mass is 32.2. The summed E-state index contributed by atoms with van der Waals surface area (Å²) in [6.07, 6.45) is 3.96. The second-order valence-corrected chi connectivity index (χ2v) is 6.37. The lowest BCUT2D eigenvalue weighted by atomic mass is 10.2. The average Bonchev–Trinajstić information content (AvgIpc) is 3.10. The number of sulfonamides is 1. The van der Waals surface area contributed by atoms with Crippen LogP contribution in [0.15, 0.2) is 41.8 Å². The summed E-state index contributed by atoms with van der Waals surface area (Å²) in [5, 5.41) is 0.00120. The number of amides is 1. The van der Waals surface area contributed by atoms with Crippen molar-refractivity contribution in [2.45, 2.75) is 17.9 Å². The van der Waals surface area contributed by atoms with Crippen LogP contribution in [0.5, 0.6) is 0 Å². The number of H-pyrrole nitrogens is 1. The minimum Gasteiger partial charge on any atom is -0.334 e. The zero-order valence-electron chi connectivity index (χ0n) is 11.1. The lowest BCUT2D eigenvalue weighted by Gasteiger charge is -2.16. The first-order valence-corrected chi connectivity index (χ1v) is 7.96. The van der Waals surface area contributed by atoms with E-state index < -0.39 is 10.0 Å². The summed E-state index contributed by atoms with van der Waals surface area (Å²) in [6, 6.07) is 6.73. The van der Waals surface area contributed by atoms with Crippen LogP contribution in [-0.2, 0) is 14.8 Å². The molecule has 0 atom stereocenters. The van der Waals surface area contributed by atoms with Gasteiger partial charge in [0.1, 0.15) is 0 Å². The number of carbonyl (C=O) groups is 1. The van der Waals surface area contributed by atoms with E-state index in [1.807, 2.05) is 0 Å². The zero-order chi connectivity index (χ0) is 14.9. The van der Waals surface area contributed by atoms with E-state index in [4.69, 9.17) is 0 Å². The Kier molecular flexibility index (Phi) is 3.38. The molecule has 1 amide bonds. The normalized spacial score (nSPS) is 15.4. The van der Waals surface area contributed by atoms with Gasteiger partial charge < -0.3 is 9.88 Å². The molecule has 0 aliphatic carbocycles. The summed E-state index contributed by atoms with van der Waals surface area (Å²) in [5.41, 5.74) is 1.21. The van der Waals surface area contributed by atoms with E-state index in [9.17, 15) is 13.2 Å². The molecule has 2 heterocycles. The summed E-state index contributed by atoms with van der Waals surface area (Å²) in [5.74, 6) is 0.0980. The number of hydrogen-bond donors (Lipinski definition) is 2. The summed E-state index contributed by atoms with van der Waals surface area (Å²) in [6.45, 7) is 0.706. The Morgan fingerprint density at radius 1 is 1.24 bits per heavy atom. The number of aromatic nitrogens is 2. The monoisotopic (exact) mass is 306 g/mol. The Hall–Kier alpha value is -2.35. The Morgan fingerprint density at radius 3 is 2.57 bits per heavy atom. The van der Waals surface area contributed by atoms with E-state index in [2.05, 4.69) is 14.7 Å². The maximum atomic E-state index is 12.0. The molecule has 0 bridgehead atoms. The van der Waals surface area contributed by atoms with Crippen LogP contribution in [0.1, 0.15) is 12.8 Å². The standard InChI is InChI=1S/C13H14N4O3S/c18-13-2-1-7-17(13)11-5-3-10(4-6-11)16-21(19,20)12-8-14-9-15-12/h3-6,8-9,16H,1-2,7H2,(H,14,15). The molecule has 0 unspecified atom stereocenters. The summed E-state index contributed by atoms with van der Waals surface area (Å²) >= 11 is 0. The Labute approximate surface area is 122 Å². The fourth-order valence-electron chi connectivity index (χ4n) is 2.23. The third kappa shape index (κ3) is 2.75. The van der Waals surface area contributed by atoms with E-state index >= 15 is 0 Å². The highest BCUT2D eigenvalue weighted by molar-refractivity contribution is 7.92. The molecule has 1 fully saturated rings. The number of nitrogens with zero attached hydrogens (tertiary/aromatic N) is 2. The van der Waals surface area contributed by atoms with Gasteiger partial charge in [-0.1, -0.05) is 0 Å². The maximum Gasteiger partial charge on any atom is 0.278 e. The summed E-state index contributed by atoms with van der Waals surface area (Å²) < 4.78 is 26.5. The molecule has 1 saturated heterocycles. The van der Waals surface area contributed by atoms with E-state index in [-0.39, 0.29) is 10.9 Å². The molecule has 3 rings (SSSR count). The molecule has 1 aliphatic rings. The van der Waals surface area contributed by atoms with Crippen molar-refractivity contribution in [3.63, 3.8) is 0 Å². The van der Waals surface area contributed by atoms with Gasteiger partial charge in [0, 0.05) is 24.3 Å². The molecule has 1 aromatic heterocycles. The van der Waals surface area contributed by atoms with Gasteiger partial charge in [0.2, 0.25) is 5.91 Å². The number of rotatable bonds is 4. The molecule has 1 aliphatic heterocycles. The molecule has 0 saturated carbocycles. The van der Waals surface area contributed by atoms with Crippen molar-refractivity contribution < 1.29 is 13.2 Å². The summed E-state index contributed by atoms with van der Waals surface area (Å²) in [4.78, 5) is 19.6. The highest BCUT2D eigenvalue weighted by Gasteiger charge is 2.21. The minimum atomic E-state index is -3.66. The van der Waals surface area contributed by atoms with Gasteiger partial charge in [0.15, 0.2) is 5.03 Å². The molecule has 0 spiro atoms. The van der Waals surface area contributed by atoms with Gasteiger partial charge in [-0.05, 0) is 30.7 Å². The van der Waals surface area contributed by atoms with Gasteiger partial charge in [0.05, 0.1) is 12.5 Å². The van der Waals surface area contributed by atoms with Crippen molar-refractivity contribution in [1.29, 1.82) is 0 Å². The van der Waals surface area contributed by atoms with Gasteiger partial charge >= 0.3 is 0 Å². The van der Waals surface area contributed by atoms with Crippen LogP contribution in [0.4, 0.5) is 11.4 Å². The zero-order valence-corrected chi connectivity index (χ0v) is 11.9. The Balaban J connectivity index is 1.77. The second kappa shape index (κ2) is 5.21. The molecule has 110 valence electrons. The molecule has 7 nitrogen and oxygen atoms in total. The van der Waals surface area contributed by atoms with Crippen LogP contribution in [0.2, 0.25) is 0 Å². The molecular weight excluding hydrogens is 292 g/mol. The predicted molar refractivity (Wildman–Crippen MR) is 77.4 cm³/mol. The lowest BCUT2D eigenvalue weighted by Crippen LogP contribution is -2.23. The van der Waals surface area contributed by atoms with Crippen LogP contribution >= 0.6 is 0 Å². The molecule has 2 N–H and O–H groups in total. The van der Waals surface area contributed by atoms with Crippen molar-refractivity contribution >= 4 is 27.3 Å². The second-order valence-electron chi connectivity index (χ2n) is 4.72. The van der Waals surface area contributed by atoms with Gasteiger partial charge in [-0.15, -0.1) is 0 Å². The van der Waals surface area contributed by atoms with Crippen LogP contribution in [0.25, 0.3) is 0 Å². The first-order chi connectivity index (χ1) is 10.1. The Morgan fingerprint density at radius 2 is 2.00 bits per heavy atom. The number of benzene rings is 1. The van der Waals surface area contributed by atoms with Crippen molar-refractivity contribution in [1.82, 2.24) is 9.97 Å². The number of aromatic amines is 1. The van der Waals surface area contributed by atoms with Crippen LogP contribution in [0.3, 0.4) is 0 Å². The maximum absolute atomic E-state index is 12.0. The molecule has 2 aromatic rings. The highest BCUT2D eigenvalue weighted by Crippen LogP contribution is 2.23. The lowest BCUT2D eigenvalue weighted by molar-refractivity contribution is -0.117. The quantitative estimate of drug-likeness (QED) is 0.891. The van der Waals surface area contributed by atoms with Gasteiger partial charge in [-0.25, -0.2) is 4.98 Å². The number of hydrogen-bond acceptors (Lipinski definition) is 4. The molecular formula is C13H14N4O3S. The van der Waals surface area contributed by atoms with Crippen molar-refractivity contribution in [3.05, 3.63) is 36.8 Å². The van der Waals surface area contributed by atoms with Gasteiger partial charge in [-0.3, -0.25) is 9.52 Å². The van der Waals surface area contributed by atoms with E-state index in [1.54, 1.807) is 29.2 Å². The molecule has 21 heavy (non-hydrogen) atoms. The molecule has 1 aromatic carbocycles. The third-order valence-electron chi connectivity index (χ3n) is 3.27. The largest absolute Gasteiger partial charge is 0.334 e. The fraction of sp³-hybridized carbons (Fsp3) is 0.231. The number of nitrogens with one attached hydrogen (secondary N) is 2. The van der Waals surface area contributed by atoms with E-state index in [0.29, 0.717) is 18.7 Å². The van der Waals surface area contributed by atoms with Crippen molar-refractivity contribution in [3.8, 4) is 0 Å². The van der Waals surface area contributed by atoms with Gasteiger partial charge in [-0.2, -0.15) is 8.42 Å². The predicted octanol–water partition coefficient (Wildman–Crippen LogP) is 1.34. The first-order valence-electron chi connectivity index (χ1n) is 6.48. The number of carbonyl (C=O) groups excluding carboxylic acids is 1. The molecule has 0 radical (unpaired) electrons. The summed E-state index contributed by atoms with van der Waals surface area (Å²) in [7, 11) is -3.66. The van der Waals surface area contributed by atoms with E-state index in [1.165, 1.54) is 12.5 Å². The van der Waals surface area contributed by atoms with Crippen molar-refractivity contribution in [2.24, 2.45) is 0 Å². The smallest absolute Gasteiger partial charge is 0.278 e. The first kappa shape index (κ1) is 13.6. The molecule has 8 heteroatoms. The fourth-order valence-corrected chi connectivity index (χ4v) is 3.19. The topological polar surface area (TPSA) is 95.2 Å². The number of imidazole rings is 1. The van der Waals surface area contributed by atoms with Crippen LogP contribution in [0, 0.1) is 0 Å². The third-order valence-corrected chi connectivity index (χ3v) is 4.57.